The first-order valence-electron chi connectivity index (χ1n) is 5.40. The highest BCUT2D eigenvalue weighted by atomic mass is 32.2. The molecule has 0 aliphatic rings. The standard InChI is InChI=1S/C13H13FN2OS/c1-9-2-3-12(15)5-13(9)18(17)8-10-4-11(14)7-16-6-10/h2-7H,8,15H2,1H3. The van der Waals surface area contributed by atoms with Crippen molar-refractivity contribution < 1.29 is 8.60 Å². The molecular formula is C13H13FN2OS. The van der Waals surface area contributed by atoms with E-state index in [2.05, 4.69) is 4.98 Å². The molecule has 0 spiro atoms. The van der Waals surface area contributed by atoms with Gasteiger partial charge in [0.1, 0.15) is 5.82 Å². The zero-order valence-corrected chi connectivity index (χ0v) is 10.7. The average molecular weight is 264 g/mol. The molecule has 1 aromatic heterocycles. The number of anilines is 1. The first kappa shape index (κ1) is 12.7. The molecule has 2 N–H and O–H groups in total. The van der Waals surface area contributed by atoms with Crippen LogP contribution in [-0.4, -0.2) is 9.19 Å². The molecule has 0 bridgehead atoms. The monoisotopic (exact) mass is 264 g/mol. The summed E-state index contributed by atoms with van der Waals surface area (Å²) >= 11 is 0. The Labute approximate surface area is 107 Å². The summed E-state index contributed by atoms with van der Waals surface area (Å²) in [6.45, 7) is 1.87. The minimum Gasteiger partial charge on any atom is -0.399 e. The molecule has 18 heavy (non-hydrogen) atoms. The van der Waals surface area contributed by atoms with E-state index in [0.717, 1.165) is 11.8 Å². The molecule has 0 aliphatic heterocycles. The fraction of sp³-hybridized carbons (Fsp3) is 0.154. The largest absolute Gasteiger partial charge is 0.399 e. The van der Waals surface area contributed by atoms with Crippen LogP contribution in [0.1, 0.15) is 11.1 Å². The van der Waals surface area contributed by atoms with Crippen molar-refractivity contribution in [1.29, 1.82) is 0 Å². The molecule has 2 aromatic rings. The van der Waals surface area contributed by atoms with Crippen molar-refractivity contribution in [3.63, 3.8) is 0 Å². The fourth-order valence-electron chi connectivity index (χ4n) is 1.63. The Balaban J connectivity index is 2.24. The molecule has 1 unspecified atom stereocenters. The summed E-state index contributed by atoms with van der Waals surface area (Å²) < 4.78 is 25.2. The number of benzene rings is 1. The average Bonchev–Trinajstić information content (AvgIpc) is 2.32. The normalized spacial score (nSPS) is 12.3. The molecule has 0 saturated heterocycles. The quantitative estimate of drug-likeness (QED) is 0.866. The molecule has 0 amide bonds. The zero-order chi connectivity index (χ0) is 13.1. The van der Waals surface area contributed by atoms with Crippen molar-refractivity contribution in [3.05, 3.63) is 53.6 Å². The Kier molecular flexibility index (Phi) is 3.72. The number of pyridine rings is 1. The van der Waals surface area contributed by atoms with Crippen molar-refractivity contribution in [1.82, 2.24) is 4.98 Å². The van der Waals surface area contributed by atoms with Crippen molar-refractivity contribution in [2.24, 2.45) is 0 Å². The molecular weight excluding hydrogens is 251 g/mol. The Morgan fingerprint density at radius 3 is 2.83 bits per heavy atom. The van der Waals surface area contributed by atoms with Gasteiger partial charge in [-0.05, 0) is 36.2 Å². The second-order valence-corrected chi connectivity index (χ2v) is 5.45. The molecule has 2 rings (SSSR count). The highest BCUT2D eigenvalue weighted by molar-refractivity contribution is 7.84. The lowest BCUT2D eigenvalue weighted by Gasteiger charge is -2.07. The van der Waals surface area contributed by atoms with E-state index in [1.807, 2.05) is 13.0 Å². The number of nitrogens with zero attached hydrogens (tertiary/aromatic N) is 1. The molecule has 1 heterocycles. The Hall–Kier alpha value is -1.75. The lowest BCUT2D eigenvalue weighted by Crippen LogP contribution is -2.01. The van der Waals surface area contributed by atoms with Gasteiger partial charge < -0.3 is 5.73 Å². The minimum absolute atomic E-state index is 0.231. The van der Waals surface area contributed by atoms with Gasteiger partial charge in [0.15, 0.2) is 0 Å². The molecule has 0 saturated carbocycles. The van der Waals surface area contributed by atoms with E-state index in [-0.39, 0.29) is 5.75 Å². The molecule has 1 aromatic carbocycles. The topological polar surface area (TPSA) is 56.0 Å². The van der Waals surface area contributed by atoms with E-state index < -0.39 is 16.6 Å². The summed E-state index contributed by atoms with van der Waals surface area (Å²) in [7, 11) is -1.25. The molecule has 0 fully saturated rings. The zero-order valence-electron chi connectivity index (χ0n) is 9.89. The number of halogens is 1. The summed E-state index contributed by atoms with van der Waals surface area (Å²) in [4.78, 5) is 4.42. The Bertz CT molecular complexity index is 601. The van der Waals surface area contributed by atoms with Gasteiger partial charge in [-0.3, -0.25) is 9.19 Å². The SMILES string of the molecule is Cc1ccc(N)cc1S(=O)Cc1cncc(F)c1. The van der Waals surface area contributed by atoms with Crippen molar-refractivity contribution >= 4 is 16.5 Å². The van der Waals surface area contributed by atoms with Gasteiger partial charge in [0, 0.05) is 16.8 Å². The van der Waals surface area contributed by atoms with Gasteiger partial charge in [-0.1, -0.05) is 6.07 Å². The van der Waals surface area contributed by atoms with Crippen LogP contribution >= 0.6 is 0 Å². The lowest BCUT2D eigenvalue weighted by atomic mass is 10.2. The van der Waals surface area contributed by atoms with E-state index >= 15 is 0 Å². The van der Waals surface area contributed by atoms with E-state index in [0.29, 0.717) is 16.1 Å². The Morgan fingerprint density at radius 1 is 1.33 bits per heavy atom. The number of nitrogens with two attached hydrogens (primary N) is 1. The maximum atomic E-state index is 13.0. The summed E-state index contributed by atoms with van der Waals surface area (Å²) in [5.41, 5.74) is 7.76. The van der Waals surface area contributed by atoms with E-state index in [1.54, 1.807) is 12.1 Å². The molecule has 0 radical (unpaired) electrons. The molecule has 3 nitrogen and oxygen atoms in total. The van der Waals surface area contributed by atoms with E-state index in [9.17, 15) is 8.60 Å². The molecule has 1 atom stereocenters. The number of hydrogen-bond donors (Lipinski definition) is 1. The van der Waals surface area contributed by atoms with Crippen LogP contribution in [0, 0.1) is 12.7 Å². The van der Waals surface area contributed by atoms with Crippen LogP contribution in [0.5, 0.6) is 0 Å². The van der Waals surface area contributed by atoms with Gasteiger partial charge in [0.2, 0.25) is 0 Å². The van der Waals surface area contributed by atoms with Crippen LogP contribution in [0.4, 0.5) is 10.1 Å². The smallest absolute Gasteiger partial charge is 0.141 e. The molecule has 94 valence electrons. The number of rotatable bonds is 3. The number of hydrogen-bond acceptors (Lipinski definition) is 3. The van der Waals surface area contributed by atoms with Crippen LogP contribution in [0.3, 0.4) is 0 Å². The summed E-state index contributed by atoms with van der Waals surface area (Å²) in [6.07, 6.45) is 2.64. The third kappa shape index (κ3) is 2.92. The van der Waals surface area contributed by atoms with E-state index in [1.165, 1.54) is 12.3 Å². The third-order valence-corrected chi connectivity index (χ3v) is 4.04. The van der Waals surface area contributed by atoms with Crippen LogP contribution in [-0.2, 0) is 16.6 Å². The van der Waals surface area contributed by atoms with Crippen LogP contribution in [0.2, 0.25) is 0 Å². The second kappa shape index (κ2) is 5.27. The maximum Gasteiger partial charge on any atom is 0.141 e. The number of nitrogen functional groups attached to an aromatic ring is 1. The second-order valence-electron chi connectivity index (χ2n) is 4.03. The lowest BCUT2D eigenvalue weighted by molar-refractivity contribution is 0.619. The van der Waals surface area contributed by atoms with Gasteiger partial charge >= 0.3 is 0 Å². The third-order valence-electron chi connectivity index (χ3n) is 2.52. The van der Waals surface area contributed by atoms with Crippen molar-refractivity contribution in [3.8, 4) is 0 Å². The maximum absolute atomic E-state index is 13.0. The number of aromatic nitrogens is 1. The van der Waals surface area contributed by atoms with Crippen molar-refractivity contribution in [2.45, 2.75) is 17.6 Å². The van der Waals surface area contributed by atoms with Crippen LogP contribution < -0.4 is 5.73 Å². The Morgan fingerprint density at radius 2 is 2.11 bits per heavy atom. The van der Waals surface area contributed by atoms with Gasteiger partial charge in [0.25, 0.3) is 0 Å². The van der Waals surface area contributed by atoms with Gasteiger partial charge in [0.05, 0.1) is 22.7 Å². The predicted molar refractivity (Wildman–Crippen MR) is 69.9 cm³/mol. The van der Waals surface area contributed by atoms with Crippen LogP contribution in [0.25, 0.3) is 0 Å². The molecule has 0 aliphatic carbocycles. The summed E-state index contributed by atoms with van der Waals surface area (Å²) in [5.74, 6) is -0.191. The predicted octanol–water partition coefficient (Wildman–Crippen LogP) is 2.42. The molecule has 5 heteroatoms. The van der Waals surface area contributed by atoms with Crippen LogP contribution in [0.15, 0.2) is 41.6 Å². The summed E-state index contributed by atoms with van der Waals surface area (Å²) in [6, 6.07) is 6.62. The highest BCUT2D eigenvalue weighted by Gasteiger charge is 2.09. The van der Waals surface area contributed by atoms with Gasteiger partial charge in [-0.15, -0.1) is 0 Å². The minimum atomic E-state index is -1.25. The van der Waals surface area contributed by atoms with Crippen molar-refractivity contribution in [2.75, 3.05) is 5.73 Å². The van der Waals surface area contributed by atoms with E-state index in [4.69, 9.17) is 5.73 Å². The van der Waals surface area contributed by atoms with Gasteiger partial charge in [-0.2, -0.15) is 0 Å². The highest BCUT2D eigenvalue weighted by Crippen LogP contribution is 2.19. The first-order chi connectivity index (χ1) is 8.56. The first-order valence-corrected chi connectivity index (χ1v) is 6.72. The fourth-order valence-corrected chi connectivity index (χ4v) is 2.94. The number of aryl methyl sites for hydroxylation is 1. The summed E-state index contributed by atoms with van der Waals surface area (Å²) in [5, 5.41) is 0. The van der Waals surface area contributed by atoms with Gasteiger partial charge in [-0.25, -0.2) is 4.39 Å².